The predicted molar refractivity (Wildman–Crippen MR) is 77.1 cm³/mol. The summed E-state index contributed by atoms with van der Waals surface area (Å²) < 4.78 is 11.6. The van der Waals surface area contributed by atoms with Gasteiger partial charge in [0.25, 0.3) is 0 Å². The molecule has 2 fully saturated rings. The smallest absolute Gasteiger partial charge is 0.318 e. The normalized spacial score (nSPS) is 21.8. The van der Waals surface area contributed by atoms with Crippen molar-refractivity contribution in [1.29, 1.82) is 0 Å². The molecule has 0 aromatic carbocycles. The van der Waals surface area contributed by atoms with Gasteiger partial charge in [0.2, 0.25) is 0 Å². The summed E-state index contributed by atoms with van der Waals surface area (Å²) in [6.45, 7) is 0.513. The van der Waals surface area contributed by atoms with E-state index in [4.69, 9.17) is 15.2 Å². The summed E-state index contributed by atoms with van der Waals surface area (Å²) in [5.74, 6) is 0. The van der Waals surface area contributed by atoms with Crippen LogP contribution < -0.4 is 5.73 Å². The van der Waals surface area contributed by atoms with Crippen LogP contribution in [0.4, 0.5) is 4.79 Å². The molecular weight excluding hydrogens is 256 g/mol. The molecule has 2 amide bonds. The van der Waals surface area contributed by atoms with Gasteiger partial charge in [-0.1, -0.05) is 38.5 Å². The Morgan fingerprint density at radius 1 is 0.850 bits per heavy atom. The largest absolute Gasteiger partial charge is 0.358 e. The van der Waals surface area contributed by atoms with Crippen molar-refractivity contribution in [1.82, 2.24) is 4.90 Å². The van der Waals surface area contributed by atoms with Gasteiger partial charge in [-0.05, 0) is 25.7 Å². The highest BCUT2D eigenvalue weighted by molar-refractivity contribution is 5.71. The fourth-order valence-electron chi connectivity index (χ4n) is 3.02. The number of carbonyl (C=O) groups excluding carboxylic acids is 1. The summed E-state index contributed by atoms with van der Waals surface area (Å²) in [4.78, 5) is 12.9. The van der Waals surface area contributed by atoms with E-state index >= 15 is 0 Å². The van der Waals surface area contributed by atoms with Crippen LogP contribution in [0.3, 0.4) is 0 Å². The van der Waals surface area contributed by atoms with Gasteiger partial charge in [0.15, 0.2) is 0 Å². The van der Waals surface area contributed by atoms with Gasteiger partial charge >= 0.3 is 6.03 Å². The van der Waals surface area contributed by atoms with Crippen LogP contribution >= 0.6 is 0 Å². The summed E-state index contributed by atoms with van der Waals surface area (Å²) >= 11 is 0. The van der Waals surface area contributed by atoms with Gasteiger partial charge in [0.1, 0.15) is 13.5 Å². The van der Waals surface area contributed by atoms with E-state index in [1.807, 2.05) is 0 Å². The van der Waals surface area contributed by atoms with E-state index in [2.05, 4.69) is 0 Å². The third-order valence-electron chi connectivity index (χ3n) is 4.35. The maximum Gasteiger partial charge on any atom is 0.318 e. The second kappa shape index (κ2) is 8.47. The van der Waals surface area contributed by atoms with Crippen LogP contribution in [0.2, 0.25) is 0 Å². The third kappa shape index (κ3) is 5.29. The minimum Gasteiger partial charge on any atom is -0.358 e. The molecule has 5 nitrogen and oxygen atoms in total. The molecular formula is C15H28N2O3. The van der Waals surface area contributed by atoms with Crippen molar-refractivity contribution in [3.63, 3.8) is 0 Å². The lowest BCUT2D eigenvalue weighted by atomic mass is 9.98. The number of ether oxygens (including phenoxy) is 2. The zero-order valence-corrected chi connectivity index (χ0v) is 12.4. The molecule has 5 heteroatoms. The van der Waals surface area contributed by atoms with Crippen LogP contribution in [0.1, 0.15) is 64.2 Å². The molecule has 116 valence electrons. The predicted octanol–water partition coefficient (Wildman–Crippen LogP) is 2.98. The highest BCUT2D eigenvalue weighted by Gasteiger charge is 2.19. The summed E-state index contributed by atoms with van der Waals surface area (Å²) in [7, 11) is 0. The van der Waals surface area contributed by atoms with E-state index < -0.39 is 6.03 Å². The molecule has 0 aromatic heterocycles. The van der Waals surface area contributed by atoms with Gasteiger partial charge in [0, 0.05) is 0 Å². The Morgan fingerprint density at radius 3 is 1.60 bits per heavy atom. The molecule has 0 aromatic rings. The number of nitrogens with two attached hydrogens (primary N) is 1. The average Bonchev–Trinajstić information content (AvgIpc) is 2.49. The van der Waals surface area contributed by atoms with Gasteiger partial charge in [0.05, 0.1) is 12.2 Å². The number of amides is 2. The van der Waals surface area contributed by atoms with Crippen molar-refractivity contribution < 1.29 is 14.3 Å². The number of carbonyl (C=O) groups is 1. The Morgan fingerprint density at radius 2 is 1.25 bits per heavy atom. The van der Waals surface area contributed by atoms with Crippen LogP contribution in [0.25, 0.3) is 0 Å². The summed E-state index contributed by atoms with van der Waals surface area (Å²) in [5, 5.41) is 0. The highest BCUT2D eigenvalue weighted by atomic mass is 16.5. The van der Waals surface area contributed by atoms with Gasteiger partial charge in [-0.25, -0.2) is 4.79 Å². The molecule has 20 heavy (non-hydrogen) atoms. The van der Waals surface area contributed by atoms with Gasteiger partial charge in [-0.3, -0.25) is 4.90 Å². The topological polar surface area (TPSA) is 64.8 Å². The lowest BCUT2D eigenvalue weighted by Crippen LogP contribution is -2.41. The molecule has 0 heterocycles. The molecule has 0 radical (unpaired) electrons. The summed E-state index contributed by atoms with van der Waals surface area (Å²) in [5.41, 5.74) is 5.39. The maximum absolute atomic E-state index is 11.4. The van der Waals surface area contributed by atoms with Crippen molar-refractivity contribution in [2.45, 2.75) is 76.4 Å². The highest BCUT2D eigenvalue weighted by Crippen LogP contribution is 2.22. The van der Waals surface area contributed by atoms with E-state index in [-0.39, 0.29) is 25.7 Å². The first-order valence-electron chi connectivity index (χ1n) is 8.03. The third-order valence-corrected chi connectivity index (χ3v) is 4.35. The van der Waals surface area contributed by atoms with E-state index in [9.17, 15) is 4.79 Å². The molecule has 0 aliphatic heterocycles. The fraction of sp³-hybridized carbons (Fsp3) is 0.933. The molecule has 2 rings (SSSR count). The van der Waals surface area contributed by atoms with E-state index in [0.717, 1.165) is 25.7 Å². The van der Waals surface area contributed by atoms with Crippen molar-refractivity contribution in [3.05, 3.63) is 0 Å². The van der Waals surface area contributed by atoms with Gasteiger partial charge in [-0.15, -0.1) is 0 Å². The zero-order chi connectivity index (χ0) is 14.2. The van der Waals surface area contributed by atoms with Crippen LogP contribution in [0.15, 0.2) is 0 Å². The minimum atomic E-state index is -0.461. The molecule has 2 aliphatic carbocycles. The number of rotatable bonds is 6. The minimum absolute atomic E-state index is 0.257. The Balaban J connectivity index is 1.67. The van der Waals surface area contributed by atoms with E-state index in [1.165, 1.54) is 43.4 Å². The second-order valence-electron chi connectivity index (χ2n) is 5.99. The van der Waals surface area contributed by atoms with Gasteiger partial charge in [-0.2, -0.15) is 0 Å². The van der Waals surface area contributed by atoms with Crippen LogP contribution in [0.5, 0.6) is 0 Å². The molecule has 0 atom stereocenters. The Kier molecular flexibility index (Phi) is 6.60. The van der Waals surface area contributed by atoms with Crippen molar-refractivity contribution in [2.75, 3.05) is 13.5 Å². The Labute approximate surface area is 121 Å². The summed E-state index contributed by atoms with van der Waals surface area (Å²) in [6.07, 6.45) is 12.4. The van der Waals surface area contributed by atoms with E-state index in [1.54, 1.807) is 0 Å². The summed E-state index contributed by atoms with van der Waals surface area (Å²) in [6, 6.07) is -0.461. The maximum atomic E-state index is 11.4. The molecule has 2 N–H and O–H groups in total. The number of hydrogen-bond donors (Lipinski definition) is 1. The van der Waals surface area contributed by atoms with Gasteiger partial charge < -0.3 is 15.2 Å². The molecule has 0 bridgehead atoms. The molecule has 0 saturated heterocycles. The number of urea groups is 1. The lowest BCUT2D eigenvalue weighted by molar-refractivity contribution is -0.0797. The lowest BCUT2D eigenvalue weighted by Gasteiger charge is -2.29. The fourth-order valence-corrected chi connectivity index (χ4v) is 3.02. The first-order chi connectivity index (χ1) is 9.75. The van der Waals surface area contributed by atoms with Crippen molar-refractivity contribution in [3.8, 4) is 0 Å². The average molecular weight is 284 g/mol. The Bertz CT molecular complexity index is 265. The number of nitrogens with zero attached hydrogens (tertiary/aromatic N) is 1. The second-order valence-corrected chi connectivity index (χ2v) is 5.99. The SMILES string of the molecule is NC(=O)N(COC1CCCCC1)COC1CCCCC1. The van der Waals surface area contributed by atoms with Crippen LogP contribution in [0, 0.1) is 0 Å². The van der Waals surface area contributed by atoms with Crippen molar-refractivity contribution >= 4 is 6.03 Å². The number of primary amides is 1. The van der Waals surface area contributed by atoms with E-state index in [0.29, 0.717) is 0 Å². The zero-order valence-electron chi connectivity index (χ0n) is 12.4. The molecule has 2 saturated carbocycles. The number of hydrogen-bond acceptors (Lipinski definition) is 3. The monoisotopic (exact) mass is 284 g/mol. The van der Waals surface area contributed by atoms with Crippen LogP contribution in [-0.2, 0) is 9.47 Å². The quantitative estimate of drug-likeness (QED) is 0.763. The Hall–Kier alpha value is -0.810. The molecule has 0 spiro atoms. The standard InChI is InChI=1S/C15H28N2O3/c16-15(18)17(11-19-13-7-3-1-4-8-13)12-20-14-9-5-2-6-10-14/h13-14H,1-12H2,(H2,16,18). The first kappa shape index (κ1) is 15.6. The molecule has 0 unspecified atom stereocenters. The van der Waals surface area contributed by atoms with Crippen LogP contribution in [-0.4, -0.2) is 36.6 Å². The first-order valence-corrected chi connectivity index (χ1v) is 8.03. The molecule has 2 aliphatic rings. The van der Waals surface area contributed by atoms with Crippen molar-refractivity contribution in [2.24, 2.45) is 5.73 Å².